The van der Waals surface area contributed by atoms with E-state index in [1.165, 1.54) is 0 Å². The van der Waals surface area contributed by atoms with Gasteiger partial charge in [0, 0.05) is 12.5 Å². The van der Waals surface area contributed by atoms with E-state index in [0.29, 0.717) is 11.8 Å². The van der Waals surface area contributed by atoms with Crippen LogP contribution < -0.4 is 5.32 Å². The van der Waals surface area contributed by atoms with Crippen LogP contribution in [0.2, 0.25) is 0 Å². The fourth-order valence-corrected chi connectivity index (χ4v) is 3.95. The van der Waals surface area contributed by atoms with Crippen LogP contribution >= 0.6 is 0 Å². The first kappa shape index (κ1) is 13.9. The van der Waals surface area contributed by atoms with Gasteiger partial charge in [0.05, 0.1) is 29.7 Å². The van der Waals surface area contributed by atoms with E-state index in [-0.39, 0.29) is 18.2 Å². The van der Waals surface area contributed by atoms with Gasteiger partial charge < -0.3 is 15.3 Å². The molecule has 0 unspecified atom stereocenters. The Kier molecular flexibility index (Phi) is 3.29. The molecule has 0 spiro atoms. The predicted molar refractivity (Wildman–Crippen MR) is 81.6 cm³/mol. The van der Waals surface area contributed by atoms with E-state index in [9.17, 15) is 9.90 Å². The number of aryl methyl sites for hydroxylation is 1. The third-order valence-electron chi connectivity index (χ3n) is 5.22. The van der Waals surface area contributed by atoms with Crippen molar-refractivity contribution in [3.05, 3.63) is 17.7 Å². The van der Waals surface area contributed by atoms with E-state index in [1.54, 1.807) is 11.1 Å². The predicted octanol–water partition coefficient (Wildman–Crippen LogP) is 2.04. The second-order valence-electron chi connectivity index (χ2n) is 6.80. The first-order valence-corrected chi connectivity index (χ1v) is 8.22. The molecule has 118 valence electrons. The van der Waals surface area contributed by atoms with Crippen molar-refractivity contribution < 1.29 is 9.90 Å². The van der Waals surface area contributed by atoms with Crippen LogP contribution in [-0.2, 0) is 0 Å². The van der Waals surface area contributed by atoms with Gasteiger partial charge in [0.1, 0.15) is 5.82 Å². The number of hydrogen-bond acceptors (Lipinski definition) is 4. The van der Waals surface area contributed by atoms with Crippen molar-refractivity contribution in [2.45, 2.75) is 57.1 Å². The van der Waals surface area contributed by atoms with Crippen LogP contribution in [0.3, 0.4) is 0 Å². The number of aliphatic hydroxyl groups is 1. The van der Waals surface area contributed by atoms with Crippen molar-refractivity contribution in [1.29, 1.82) is 0 Å². The zero-order valence-electron chi connectivity index (χ0n) is 12.8. The van der Waals surface area contributed by atoms with Crippen LogP contribution in [0.15, 0.2) is 6.20 Å². The minimum Gasteiger partial charge on any atom is -0.391 e. The lowest BCUT2D eigenvalue weighted by Crippen LogP contribution is -2.44. The van der Waals surface area contributed by atoms with E-state index < -0.39 is 0 Å². The van der Waals surface area contributed by atoms with Crippen molar-refractivity contribution in [1.82, 2.24) is 14.9 Å². The molecule has 2 amide bonds. The van der Waals surface area contributed by atoms with Gasteiger partial charge in [-0.15, -0.1) is 0 Å². The van der Waals surface area contributed by atoms with Gasteiger partial charge >= 0.3 is 6.03 Å². The number of nitrogens with one attached hydrogen (secondary N) is 1. The summed E-state index contributed by atoms with van der Waals surface area (Å²) in [6.07, 6.45) is 6.42. The number of aromatic nitrogens is 2. The third-order valence-corrected chi connectivity index (χ3v) is 5.22. The zero-order chi connectivity index (χ0) is 15.3. The molecule has 4 rings (SSSR count). The molecule has 3 fully saturated rings. The number of carbonyl (C=O) groups excluding carboxylic acids is 1. The normalized spacial score (nSPS) is 30.5. The Labute approximate surface area is 129 Å². The van der Waals surface area contributed by atoms with Crippen LogP contribution in [0, 0.1) is 12.8 Å². The molecule has 6 heteroatoms. The topological polar surface area (TPSA) is 78.4 Å². The fraction of sp³-hybridized carbons (Fsp3) is 0.688. The van der Waals surface area contributed by atoms with Gasteiger partial charge in [-0.3, -0.25) is 0 Å². The van der Waals surface area contributed by atoms with Gasteiger partial charge in [-0.1, -0.05) is 0 Å². The van der Waals surface area contributed by atoms with Gasteiger partial charge in [0.25, 0.3) is 0 Å². The lowest BCUT2D eigenvalue weighted by atomic mass is 10.0. The molecule has 2 heterocycles. The van der Waals surface area contributed by atoms with E-state index in [2.05, 4.69) is 15.3 Å². The van der Waals surface area contributed by atoms with E-state index in [0.717, 1.165) is 55.9 Å². The van der Waals surface area contributed by atoms with Crippen molar-refractivity contribution in [2.75, 3.05) is 11.9 Å². The van der Waals surface area contributed by atoms with Crippen molar-refractivity contribution >= 4 is 11.7 Å². The second-order valence-corrected chi connectivity index (χ2v) is 6.80. The third kappa shape index (κ3) is 2.35. The highest BCUT2D eigenvalue weighted by molar-refractivity contribution is 5.90. The number of rotatable bonds is 2. The molecule has 1 saturated heterocycles. The Bertz CT molecular complexity index is 602. The molecule has 1 aliphatic heterocycles. The number of fused-ring (bicyclic) bond motifs is 1. The zero-order valence-corrected chi connectivity index (χ0v) is 12.8. The van der Waals surface area contributed by atoms with Crippen LogP contribution in [0.25, 0.3) is 0 Å². The average molecular weight is 302 g/mol. The Morgan fingerprint density at radius 2 is 2.14 bits per heavy atom. The van der Waals surface area contributed by atoms with Crippen LogP contribution in [-0.4, -0.2) is 44.7 Å². The molecule has 3 aliphatic rings. The summed E-state index contributed by atoms with van der Waals surface area (Å²) in [4.78, 5) is 23.2. The SMILES string of the molecule is Cc1ncc(NC(=O)N2CC[C@@H]3CC[C@@H](O)[C@@H]32)c(C2CC2)n1. The van der Waals surface area contributed by atoms with Gasteiger partial charge in [-0.25, -0.2) is 14.8 Å². The Balaban J connectivity index is 1.53. The summed E-state index contributed by atoms with van der Waals surface area (Å²) < 4.78 is 0. The summed E-state index contributed by atoms with van der Waals surface area (Å²) >= 11 is 0. The number of nitrogens with zero attached hydrogens (tertiary/aromatic N) is 3. The quantitative estimate of drug-likeness (QED) is 0.876. The maximum absolute atomic E-state index is 12.6. The number of anilines is 1. The monoisotopic (exact) mass is 302 g/mol. The van der Waals surface area contributed by atoms with Crippen molar-refractivity contribution in [2.24, 2.45) is 5.92 Å². The summed E-state index contributed by atoms with van der Waals surface area (Å²) in [5.74, 6) is 1.66. The Morgan fingerprint density at radius 1 is 1.32 bits per heavy atom. The average Bonchev–Trinajstić information content (AvgIpc) is 3.15. The molecule has 2 saturated carbocycles. The molecule has 2 N–H and O–H groups in total. The lowest BCUT2D eigenvalue weighted by molar-refractivity contribution is 0.101. The fourth-order valence-electron chi connectivity index (χ4n) is 3.95. The molecular weight excluding hydrogens is 280 g/mol. The van der Waals surface area contributed by atoms with Crippen LogP contribution in [0.1, 0.15) is 49.5 Å². The molecular formula is C16H22N4O2. The number of urea groups is 1. The highest BCUT2D eigenvalue weighted by Crippen LogP contribution is 2.42. The number of carbonyl (C=O) groups is 1. The van der Waals surface area contributed by atoms with Gasteiger partial charge in [0.2, 0.25) is 0 Å². The van der Waals surface area contributed by atoms with Crippen LogP contribution in [0.4, 0.5) is 10.5 Å². The molecule has 1 aromatic rings. The minimum absolute atomic E-state index is 0.0178. The number of hydrogen-bond donors (Lipinski definition) is 2. The smallest absolute Gasteiger partial charge is 0.322 e. The summed E-state index contributed by atoms with van der Waals surface area (Å²) in [6.45, 7) is 2.60. The lowest BCUT2D eigenvalue weighted by Gasteiger charge is -2.27. The first-order valence-electron chi connectivity index (χ1n) is 8.22. The standard InChI is InChI=1S/C16H22N4O2/c1-9-17-8-12(14(18-9)10-2-3-10)19-16(22)20-7-6-11-4-5-13(21)15(11)20/h8,10-11,13,15,21H,2-7H2,1H3,(H,19,22)/t11-,13+,15+/m0/s1. The molecule has 0 radical (unpaired) electrons. The molecule has 0 bridgehead atoms. The molecule has 3 atom stereocenters. The molecule has 0 aromatic carbocycles. The summed E-state index contributed by atoms with van der Waals surface area (Å²) in [6, 6.07) is -0.140. The highest BCUT2D eigenvalue weighted by atomic mass is 16.3. The molecule has 22 heavy (non-hydrogen) atoms. The van der Waals surface area contributed by atoms with Crippen LogP contribution in [0.5, 0.6) is 0 Å². The maximum Gasteiger partial charge on any atom is 0.322 e. The second kappa shape index (κ2) is 5.19. The van der Waals surface area contributed by atoms with E-state index in [4.69, 9.17) is 0 Å². The van der Waals surface area contributed by atoms with Gasteiger partial charge in [0.15, 0.2) is 0 Å². The minimum atomic E-state index is -0.379. The first-order chi connectivity index (χ1) is 10.6. The van der Waals surface area contributed by atoms with Crippen molar-refractivity contribution in [3.63, 3.8) is 0 Å². The van der Waals surface area contributed by atoms with E-state index >= 15 is 0 Å². The van der Waals surface area contributed by atoms with Gasteiger partial charge in [-0.2, -0.15) is 0 Å². The number of amides is 2. The molecule has 2 aliphatic carbocycles. The Hall–Kier alpha value is -1.69. The maximum atomic E-state index is 12.6. The number of aliphatic hydroxyl groups excluding tert-OH is 1. The largest absolute Gasteiger partial charge is 0.391 e. The van der Waals surface area contributed by atoms with Crippen molar-refractivity contribution in [3.8, 4) is 0 Å². The molecule has 6 nitrogen and oxygen atoms in total. The summed E-state index contributed by atoms with van der Waals surface area (Å²) in [5.41, 5.74) is 1.69. The van der Waals surface area contributed by atoms with Gasteiger partial charge in [-0.05, 0) is 44.9 Å². The number of likely N-dealkylation sites (tertiary alicyclic amines) is 1. The molecule has 1 aromatic heterocycles. The Morgan fingerprint density at radius 3 is 2.91 bits per heavy atom. The highest BCUT2D eigenvalue weighted by Gasteiger charge is 2.45. The summed E-state index contributed by atoms with van der Waals surface area (Å²) in [5, 5.41) is 13.1. The van der Waals surface area contributed by atoms with E-state index in [1.807, 2.05) is 6.92 Å². The summed E-state index contributed by atoms with van der Waals surface area (Å²) in [7, 11) is 0.